The zero-order valence-electron chi connectivity index (χ0n) is 13.5. The third-order valence-electron chi connectivity index (χ3n) is 4.54. The minimum atomic E-state index is 0.178. The third-order valence-corrected chi connectivity index (χ3v) is 4.54. The average molecular weight is 289 g/mol. The summed E-state index contributed by atoms with van der Waals surface area (Å²) < 4.78 is 5.97. The van der Waals surface area contributed by atoms with Crippen molar-refractivity contribution in [2.75, 3.05) is 0 Å². The molecule has 0 bridgehead atoms. The van der Waals surface area contributed by atoms with Crippen molar-refractivity contribution in [1.29, 1.82) is 0 Å². The Morgan fingerprint density at radius 2 is 1.71 bits per heavy atom. The van der Waals surface area contributed by atoms with Gasteiger partial charge in [0.2, 0.25) is 0 Å². The van der Waals surface area contributed by atoms with E-state index in [2.05, 4.69) is 25.1 Å². The lowest BCUT2D eigenvalue weighted by molar-refractivity contribution is 0.191. The molecule has 1 aromatic rings. The number of fused-ring (bicyclic) bond motifs is 1. The highest BCUT2D eigenvalue weighted by Gasteiger charge is 2.27. The van der Waals surface area contributed by atoms with Crippen LogP contribution in [0.5, 0.6) is 5.75 Å². The monoisotopic (exact) mass is 289 g/mol. The van der Waals surface area contributed by atoms with Gasteiger partial charge in [-0.15, -0.1) is 0 Å². The number of hydrogen-bond donors (Lipinski definition) is 1. The molecule has 2 N–H and O–H groups in total. The molecule has 2 heteroatoms. The molecule has 0 fully saturated rings. The zero-order valence-corrected chi connectivity index (χ0v) is 13.5. The topological polar surface area (TPSA) is 35.2 Å². The maximum Gasteiger partial charge on any atom is 0.123 e. The molecule has 2 atom stereocenters. The van der Waals surface area contributed by atoms with Gasteiger partial charge in [-0.05, 0) is 18.1 Å². The largest absolute Gasteiger partial charge is 0.488 e. The lowest BCUT2D eigenvalue weighted by atomic mass is 9.99. The van der Waals surface area contributed by atoms with Crippen molar-refractivity contribution in [3.05, 3.63) is 29.8 Å². The Morgan fingerprint density at radius 1 is 1.05 bits per heavy atom. The molecule has 0 spiro atoms. The van der Waals surface area contributed by atoms with Gasteiger partial charge in [-0.2, -0.15) is 0 Å². The van der Waals surface area contributed by atoms with E-state index in [1.165, 1.54) is 56.9 Å². The average Bonchev–Trinajstić information content (AvgIpc) is 2.94. The lowest BCUT2D eigenvalue weighted by Gasteiger charge is -2.19. The van der Waals surface area contributed by atoms with Crippen LogP contribution in [0.15, 0.2) is 24.3 Å². The Kier molecular flexibility index (Phi) is 7.08. The second-order valence-corrected chi connectivity index (χ2v) is 6.40. The SMILES string of the molecule is CCCCCCCCCCC(N)C1Cc2ccccc2O1. The predicted octanol–water partition coefficient (Wildman–Crippen LogP) is 4.85. The highest BCUT2D eigenvalue weighted by molar-refractivity contribution is 5.37. The van der Waals surface area contributed by atoms with Crippen LogP contribution in [0.1, 0.15) is 70.3 Å². The van der Waals surface area contributed by atoms with Gasteiger partial charge >= 0.3 is 0 Å². The van der Waals surface area contributed by atoms with Gasteiger partial charge in [-0.1, -0.05) is 76.5 Å². The van der Waals surface area contributed by atoms with Crippen LogP contribution in [0.4, 0.5) is 0 Å². The van der Waals surface area contributed by atoms with Crippen LogP contribution in [-0.2, 0) is 6.42 Å². The van der Waals surface area contributed by atoms with E-state index in [0.717, 1.165) is 18.6 Å². The molecule has 2 unspecified atom stereocenters. The van der Waals surface area contributed by atoms with E-state index in [-0.39, 0.29) is 12.1 Å². The molecule has 1 aromatic carbocycles. The fourth-order valence-electron chi connectivity index (χ4n) is 3.15. The van der Waals surface area contributed by atoms with Crippen molar-refractivity contribution < 1.29 is 4.74 Å². The van der Waals surface area contributed by atoms with Gasteiger partial charge in [0.05, 0.1) is 0 Å². The van der Waals surface area contributed by atoms with Gasteiger partial charge in [0, 0.05) is 12.5 Å². The molecule has 118 valence electrons. The Labute approximate surface area is 130 Å². The Hall–Kier alpha value is -1.02. The lowest BCUT2D eigenvalue weighted by Crippen LogP contribution is -2.37. The summed E-state index contributed by atoms with van der Waals surface area (Å²) in [6, 6.07) is 8.49. The summed E-state index contributed by atoms with van der Waals surface area (Å²) in [5.74, 6) is 1.04. The zero-order chi connectivity index (χ0) is 14.9. The van der Waals surface area contributed by atoms with Crippen molar-refractivity contribution >= 4 is 0 Å². The maximum atomic E-state index is 6.31. The smallest absolute Gasteiger partial charge is 0.123 e. The van der Waals surface area contributed by atoms with E-state index in [4.69, 9.17) is 10.5 Å². The number of benzene rings is 1. The molecular formula is C19H31NO. The third kappa shape index (κ3) is 5.35. The standard InChI is InChI=1S/C19H31NO/c1-2-3-4-5-6-7-8-9-13-17(20)19-15-16-12-10-11-14-18(16)21-19/h10-12,14,17,19H,2-9,13,15,20H2,1H3. The Morgan fingerprint density at radius 3 is 2.43 bits per heavy atom. The minimum Gasteiger partial charge on any atom is -0.488 e. The molecule has 0 aromatic heterocycles. The number of hydrogen-bond acceptors (Lipinski definition) is 2. The fourth-order valence-corrected chi connectivity index (χ4v) is 3.15. The fraction of sp³-hybridized carbons (Fsp3) is 0.684. The summed E-state index contributed by atoms with van der Waals surface area (Å²) in [6.45, 7) is 2.27. The molecule has 1 aliphatic heterocycles. The number of nitrogens with two attached hydrogens (primary N) is 1. The normalized spacial score (nSPS) is 18.3. The molecule has 21 heavy (non-hydrogen) atoms. The van der Waals surface area contributed by atoms with Crippen LogP contribution in [-0.4, -0.2) is 12.1 Å². The van der Waals surface area contributed by atoms with Crippen LogP contribution < -0.4 is 10.5 Å². The molecule has 2 rings (SSSR count). The van der Waals surface area contributed by atoms with E-state index in [1.807, 2.05) is 6.07 Å². The second kappa shape index (κ2) is 9.09. The number of para-hydroxylation sites is 1. The van der Waals surface area contributed by atoms with Gasteiger partial charge in [0.1, 0.15) is 11.9 Å². The van der Waals surface area contributed by atoms with Gasteiger partial charge in [0.25, 0.3) is 0 Å². The van der Waals surface area contributed by atoms with Gasteiger partial charge in [-0.25, -0.2) is 0 Å². The van der Waals surface area contributed by atoms with E-state index in [9.17, 15) is 0 Å². The van der Waals surface area contributed by atoms with Gasteiger partial charge < -0.3 is 10.5 Å². The maximum absolute atomic E-state index is 6.31. The highest BCUT2D eigenvalue weighted by Crippen LogP contribution is 2.30. The second-order valence-electron chi connectivity index (χ2n) is 6.40. The van der Waals surface area contributed by atoms with Crippen LogP contribution in [0.25, 0.3) is 0 Å². The first-order valence-electron chi connectivity index (χ1n) is 8.81. The first kappa shape index (κ1) is 16.4. The van der Waals surface area contributed by atoms with Crippen molar-refractivity contribution in [3.8, 4) is 5.75 Å². The van der Waals surface area contributed by atoms with E-state index < -0.39 is 0 Å². The van der Waals surface area contributed by atoms with Crippen molar-refractivity contribution in [1.82, 2.24) is 0 Å². The van der Waals surface area contributed by atoms with Crippen LogP contribution in [0.3, 0.4) is 0 Å². The summed E-state index contributed by atoms with van der Waals surface area (Å²) in [5.41, 5.74) is 7.63. The summed E-state index contributed by atoms with van der Waals surface area (Å²) in [7, 11) is 0. The Balaban J connectivity index is 1.54. The van der Waals surface area contributed by atoms with Gasteiger partial charge in [-0.3, -0.25) is 0 Å². The van der Waals surface area contributed by atoms with Crippen molar-refractivity contribution in [2.24, 2.45) is 5.73 Å². The first-order chi connectivity index (χ1) is 10.3. The number of unbranched alkanes of at least 4 members (excludes halogenated alkanes) is 7. The van der Waals surface area contributed by atoms with Crippen LogP contribution in [0, 0.1) is 0 Å². The predicted molar refractivity (Wildman–Crippen MR) is 89.8 cm³/mol. The van der Waals surface area contributed by atoms with Crippen molar-refractivity contribution in [3.63, 3.8) is 0 Å². The molecule has 0 radical (unpaired) electrons. The molecule has 1 aliphatic rings. The first-order valence-corrected chi connectivity index (χ1v) is 8.81. The molecule has 0 aliphatic carbocycles. The van der Waals surface area contributed by atoms with Gasteiger partial charge in [0.15, 0.2) is 0 Å². The number of ether oxygens (including phenoxy) is 1. The molecule has 0 saturated heterocycles. The molecule has 0 amide bonds. The summed E-state index contributed by atoms with van der Waals surface area (Å²) in [4.78, 5) is 0. The summed E-state index contributed by atoms with van der Waals surface area (Å²) >= 11 is 0. The van der Waals surface area contributed by atoms with Crippen LogP contribution >= 0.6 is 0 Å². The number of rotatable bonds is 10. The van der Waals surface area contributed by atoms with Crippen LogP contribution in [0.2, 0.25) is 0 Å². The van der Waals surface area contributed by atoms with Crippen molar-refractivity contribution in [2.45, 2.75) is 83.3 Å². The van der Waals surface area contributed by atoms with E-state index in [1.54, 1.807) is 0 Å². The molecular weight excluding hydrogens is 258 g/mol. The molecule has 1 heterocycles. The minimum absolute atomic E-state index is 0.178. The summed E-state index contributed by atoms with van der Waals surface area (Å²) in [5, 5.41) is 0. The Bertz CT molecular complexity index is 379. The molecule has 0 saturated carbocycles. The molecule has 2 nitrogen and oxygen atoms in total. The quantitative estimate of drug-likeness (QED) is 0.625. The summed E-state index contributed by atoms with van der Waals surface area (Å²) in [6.07, 6.45) is 13.1. The highest BCUT2D eigenvalue weighted by atomic mass is 16.5. The van der Waals surface area contributed by atoms with E-state index in [0.29, 0.717) is 0 Å². The van der Waals surface area contributed by atoms with E-state index >= 15 is 0 Å².